The fourth-order valence-electron chi connectivity index (χ4n) is 7.33. The number of halogens is 5. The van der Waals surface area contributed by atoms with E-state index in [0.717, 1.165) is 66.3 Å². The van der Waals surface area contributed by atoms with E-state index in [1.807, 2.05) is 12.1 Å². The SMILES string of the molecule is C=C1CCC[C@H]1COC1=NC2CC=C(c3cccc4cccc(Cl)c34)CCC2=C(N(CCC)CCCc2c(F)c(F)c(SC)c(F)c2F)N1. The molecule has 260 valence electrons. The van der Waals surface area contributed by atoms with Gasteiger partial charge in [-0.1, -0.05) is 67.1 Å². The number of nitrogens with zero attached hydrogens (tertiary/aromatic N) is 2. The van der Waals surface area contributed by atoms with Crippen LogP contribution in [0.25, 0.3) is 16.3 Å². The zero-order valence-electron chi connectivity index (χ0n) is 28.0. The quantitative estimate of drug-likeness (QED) is 0.0930. The van der Waals surface area contributed by atoms with Crippen molar-refractivity contribution in [3.8, 4) is 0 Å². The first kappa shape index (κ1) is 35.4. The molecule has 3 aromatic carbocycles. The van der Waals surface area contributed by atoms with Gasteiger partial charge in [0.05, 0.1) is 17.5 Å². The van der Waals surface area contributed by atoms with Gasteiger partial charge < -0.3 is 9.64 Å². The van der Waals surface area contributed by atoms with Crippen LogP contribution in [0.15, 0.2) is 75.9 Å². The lowest BCUT2D eigenvalue weighted by Gasteiger charge is -2.35. The van der Waals surface area contributed by atoms with Gasteiger partial charge in [-0.05, 0) is 92.2 Å². The van der Waals surface area contributed by atoms with Gasteiger partial charge in [-0.2, -0.15) is 0 Å². The summed E-state index contributed by atoms with van der Waals surface area (Å²) in [5.74, 6) is -4.17. The Balaban J connectivity index is 1.29. The molecule has 3 aliphatic rings. The molecule has 1 unspecified atom stereocenters. The molecule has 3 aromatic rings. The van der Waals surface area contributed by atoms with Gasteiger partial charge in [0.15, 0.2) is 23.3 Å². The lowest BCUT2D eigenvalue weighted by molar-refractivity contribution is 0.235. The molecule has 0 amide bonds. The minimum Gasteiger partial charge on any atom is -0.464 e. The zero-order chi connectivity index (χ0) is 34.7. The molecule has 0 aromatic heterocycles. The summed E-state index contributed by atoms with van der Waals surface area (Å²) in [6, 6.07) is 12.5. The average molecular weight is 712 g/mol. The van der Waals surface area contributed by atoms with Crippen LogP contribution in [0.3, 0.4) is 0 Å². The standard InChI is InChI=1S/C39H42ClF4N3OS/c1-4-20-47(21-8-14-29-33(41)35(43)37(49-3)36(44)34(29)42)38-28-18-16-24(27-13-6-10-25-11-7-15-30(40)32(25)27)17-19-31(28)45-39(46-38)48-22-26-12-5-9-23(26)2/h6-7,10-11,13,15,17,26,31H,2,4-5,8-9,12,14,16,18-22H2,1,3H3,(H,45,46)/t26-,31?/m0/s1. The number of fused-ring (bicyclic) bond motifs is 2. The number of nitrogens with one attached hydrogen (secondary N) is 1. The van der Waals surface area contributed by atoms with Gasteiger partial charge >= 0.3 is 0 Å². The predicted molar refractivity (Wildman–Crippen MR) is 193 cm³/mol. The van der Waals surface area contributed by atoms with E-state index in [1.165, 1.54) is 17.4 Å². The Morgan fingerprint density at radius 1 is 1.02 bits per heavy atom. The Bertz CT molecular complexity index is 1810. The number of allylic oxidation sites excluding steroid dienone is 1. The number of thioether (sulfide) groups is 1. The predicted octanol–water partition coefficient (Wildman–Crippen LogP) is 10.6. The number of hydrogen-bond donors (Lipinski definition) is 1. The maximum absolute atomic E-state index is 14.9. The zero-order valence-corrected chi connectivity index (χ0v) is 29.6. The maximum Gasteiger partial charge on any atom is 0.290 e. The van der Waals surface area contributed by atoms with Gasteiger partial charge in [-0.25, -0.2) is 22.6 Å². The topological polar surface area (TPSA) is 36.9 Å². The minimum absolute atomic E-state index is 0.152. The number of aliphatic imine (C=N–C) groups is 1. The Hall–Kier alpha value is -3.43. The molecular formula is C39H42ClF4N3OS. The fourth-order valence-corrected chi connectivity index (χ4v) is 8.15. The molecule has 2 aliphatic carbocycles. The minimum atomic E-state index is -1.34. The van der Waals surface area contributed by atoms with E-state index in [-0.39, 0.29) is 24.8 Å². The van der Waals surface area contributed by atoms with Crippen LogP contribution < -0.4 is 5.32 Å². The van der Waals surface area contributed by atoms with Crippen LogP contribution in [-0.2, 0) is 11.2 Å². The van der Waals surface area contributed by atoms with Crippen LogP contribution in [-0.4, -0.2) is 42.9 Å². The lowest BCUT2D eigenvalue weighted by Crippen LogP contribution is -2.43. The summed E-state index contributed by atoms with van der Waals surface area (Å²) in [7, 11) is 0. The maximum atomic E-state index is 14.9. The monoisotopic (exact) mass is 711 g/mol. The van der Waals surface area contributed by atoms with Crippen LogP contribution in [0.5, 0.6) is 0 Å². The first-order chi connectivity index (χ1) is 23.7. The van der Waals surface area contributed by atoms with E-state index in [1.54, 1.807) is 0 Å². The molecule has 1 aliphatic heterocycles. The van der Waals surface area contributed by atoms with Crippen molar-refractivity contribution < 1.29 is 22.3 Å². The molecule has 2 atom stereocenters. The van der Waals surface area contributed by atoms with Gasteiger partial charge in [-0.15, -0.1) is 11.8 Å². The third-order valence-electron chi connectivity index (χ3n) is 9.89. The third-order valence-corrected chi connectivity index (χ3v) is 11.0. The largest absolute Gasteiger partial charge is 0.464 e. The van der Waals surface area contributed by atoms with Crippen molar-refractivity contribution in [3.63, 3.8) is 0 Å². The van der Waals surface area contributed by atoms with Gasteiger partial charge in [0.1, 0.15) is 5.82 Å². The molecule has 0 spiro atoms. The summed E-state index contributed by atoms with van der Waals surface area (Å²) < 4.78 is 65.2. The molecule has 49 heavy (non-hydrogen) atoms. The second-order valence-electron chi connectivity index (χ2n) is 13.0. The van der Waals surface area contributed by atoms with E-state index >= 15 is 0 Å². The van der Waals surface area contributed by atoms with Crippen molar-refractivity contribution >= 4 is 45.7 Å². The van der Waals surface area contributed by atoms with Crippen molar-refractivity contribution in [3.05, 3.63) is 105 Å². The molecule has 1 saturated carbocycles. The number of hydrogen-bond acceptors (Lipinski definition) is 5. The summed E-state index contributed by atoms with van der Waals surface area (Å²) in [5, 5.41) is 6.32. The summed E-state index contributed by atoms with van der Waals surface area (Å²) in [4.78, 5) is 6.57. The normalized spacial score (nSPS) is 19.4. The van der Waals surface area contributed by atoms with Crippen molar-refractivity contribution in [2.45, 2.75) is 75.6 Å². The first-order valence-electron chi connectivity index (χ1n) is 17.1. The highest BCUT2D eigenvalue weighted by Gasteiger charge is 2.31. The van der Waals surface area contributed by atoms with Crippen LogP contribution in [0.1, 0.15) is 69.4 Å². The van der Waals surface area contributed by atoms with E-state index in [4.69, 9.17) is 21.3 Å². The van der Waals surface area contributed by atoms with Crippen LogP contribution >= 0.6 is 23.4 Å². The van der Waals surface area contributed by atoms with Crippen LogP contribution in [0.2, 0.25) is 5.02 Å². The smallest absolute Gasteiger partial charge is 0.290 e. The summed E-state index contributed by atoms with van der Waals surface area (Å²) in [6.45, 7) is 7.85. The third kappa shape index (κ3) is 7.39. The van der Waals surface area contributed by atoms with Crippen LogP contribution in [0, 0.1) is 29.2 Å². The van der Waals surface area contributed by atoms with E-state index in [2.05, 4.69) is 54.1 Å². The molecule has 10 heteroatoms. The number of ether oxygens (including phenoxy) is 1. The molecule has 6 rings (SSSR count). The molecule has 0 bridgehead atoms. The number of rotatable bonds is 11. The highest BCUT2D eigenvalue weighted by atomic mass is 35.5. The fraction of sp³-hybridized carbons (Fsp3) is 0.410. The first-order valence-corrected chi connectivity index (χ1v) is 18.7. The van der Waals surface area contributed by atoms with Crippen molar-refractivity contribution in [2.24, 2.45) is 10.9 Å². The molecule has 1 heterocycles. The highest BCUT2D eigenvalue weighted by molar-refractivity contribution is 7.98. The second kappa shape index (κ2) is 15.6. The van der Waals surface area contributed by atoms with Crippen molar-refractivity contribution in [2.75, 3.05) is 26.0 Å². The second-order valence-corrected chi connectivity index (χ2v) is 14.2. The van der Waals surface area contributed by atoms with Crippen LogP contribution in [0.4, 0.5) is 17.6 Å². The van der Waals surface area contributed by atoms with E-state index in [9.17, 15) is 17.6 Å². The Morgan fingerprint density at radius 2 is 1.78 bits per heavy atom. The van der Waals surface area contributed by atoms with Crippen molar-refractivity contribution in [1.82, 2.24) is 10.2 Å². The van der Waals surface area contributed by atoms with Gasteiger partial charge in [0, 0.05) is 35.0 Å². The highest BCUT2D eigenvalue weighted by Crippen LogP contribution is 2.39. The Labute approximate surface area is 295 Å². The van der Waals surface area contributed by atoms with E-state index < -0.39 is 33.7 Å². The van der Waals surface area contributed by atoms with E-state index in [0.29, 0.717) is 48.9 Å². The summed E-state index contributed by atoms with van der Waals surface area (Å²) in [5.41, 5.74) is 4.08. The van der Waals surface area contributed by atoms with Crippen molar-refractivity contribution in [1.29, 1.82) is 0 Å². The van der Waals surface area contributed by atoms with Gasteiger partial charge in [-0.3, -0.25) is 5.32 Å². The molecule has 1 N–H and O–H groups in total. The molecule has 0 saturated heterocycles. The molecule has 0 radical (unpaired) electrons. The van der Waals surface area contributed by atoms with Gasteiger partial charge in [0.25, 0.3) is 6.02 Å². The summed E-state index contributed by atoms with van der Waals surface area (Å²) in [6.07, 6.45) is 9.90. The van der Waals surface area contributed by atoms with Gasteiger partial charge in [0.2, 0.25) is 0 Å². The number of amidine groups is 1. The lowest BCUT2D eigenvalue weighted by atomic mass is 9.94. The Morgan fingerprint density at radius 3 is 2.47 bits per heavy atom. The number of benzene rings is 3. The molecule has 1 fully saturated rings. The molecular weight excluding hydrogens is 670 g/mol. The average Bonchev–Trinajstić information content (AvgIpc) is 3.39. The summed E-state index contributed by atoms with van der Waals surface area (Å²) >= 11 is 7.36. The molecule has 4 nitrogen and oxygen atoms in total. The Kier molecular flexibility index (Phi) is 11.3.